The summed E-state index contributed by atoms with van der Waals surface area (Å²) < 4.78 is 28.2. The molecule has 0 bridgehead atoms. The van der Waals surface area contributed by atoms with E-state index in [9.17, 15) is 65.4 Å². The number of carbonyl (C=O) groups is 4. The predicted octanol–water partition coefficient (Wildman–Crippen LogP) is 5.02. The second-order valence-corrected chi connectivity index (χ2v) is 30.3. The van der Waals surface area contributed by atoms with Gasteiger partial charge in [-0.3, -0.25) is 19.3 Å². The Bertz CT molecular complexity index is 2950. The average molecular weight is 1420 g/mol. The molecule has 4 aliphatic carbocycles. The van der Waals surface area contributed by atoms with Gasteiger partial charge in [-0.05, 0) is 141 Å². The van der Waals surface area contributed by atoms with E-state index < -0.39 is 137 Å². The van der Waals surface area contributed by atoms with Gasteiger partial charge in [0.1, 0.15) is 66.2 Å². The Labute approximate surface area is 558 Å². The summed E-state index contributed by atoms with van der Waals surface area (Å²) in [7, 11) is 0. The van der Waals surface area contributed by atoms with Crippen molar-refractivity contribution in [2.45, 2.75) is 242 Å². The number of benzene rings is 2. The number of hydrogen-bond acceptors (Lipinski definition) is 22. The van der Waals surface area contributed by atoms with E-state index >= 15 is 4.79 Å². The highest BCUT2D eigenvalue weighted by molar-refractivity contribution is 14.1. The number of nitrogens with one attached hydrogen (secondary N) is 3. The number of aliphatic hydroxyl groups excluding tert-OH is 9. The fraction of sp³-hybridized carbons (Fsp3) is 0.721. The minimum atomic E-state index is -1.87. The summed E-state index contributed by atoms with van der Waals surface area (Å²) in [5.74, 6) is -1.67. The number of amides is 2. The fourth-order valence-corrected chi connectivity index (χ4v) is 17.9. The summed E-state index contributed by atoms with van der Waals surface area (Å²) in [5, 5.41) is 125. The van der Waals surface area contributed by atoms with E-state index in [2.05, 4.69) is 60.1 Å². The van der Waals surface area contributed by atoms with Crippen LogP contribution in [-0.2, 0) is 44.9 Å². The number of aldehydes is 1. The van der Waals surface area contributed by atoms with Crippen molar-refractivity contribution >= 4 is 52.9 Å². The number of phenols is 1. The van der Waals surface area contributed by atoms with Crippen LogP contribution in [0.25, 0.3) is 0 Å². The van der Waals surface area contributed by atoms with Crippen LogP contribution in [0.3, 0.4) is 0 Å². The van der Waals surface area contributed by atoms with E-state index in [1.54, 1.807) is 36.4 Å². The van der Waals surface area contributed by atoms with Gasteiger partial charge in [0.25, 0.3) is 5.91 Å². The molecule has 24 nitrogen and oxygen atoms in total. The van der Waals surface area contributed by atoms with Crippen LogP contribution in [0, 0.1) is 49.7 Å². The van der Waals surface area contributed by atoms with Crippen LogP contribution >= 0.6 is 22.6 Å². The number of rotatable bonds is 26. The highest BCUT2D eigenvalue weighted by Crippen LogP contribution is 2.74. The number of aromatic hydroxyl groups is 1. The zero-order valence-electron chi connectivity index (χ0n) is 54.8. The van der Waals surface area contributed by atoms with Crippen molar-refractivity contribution in [3.8, 4) is 11.5 Å². The van der Waals surface area contributed by atoms with E-state index in [4.69, 9.17) is 38.9 Å². The number of carbonyl (C=O) groups excluding carboxylic acids is 4. The standard InChI is InChI=1S/C68H100IN3O21/c1-36(89-61-56(84)54(82)57(37(2)90-61)91-60-55(83)53(81)43(76)34-88-60)52(80)51(72-50(79)16-11-10-12-29-71-59(85)39-19-17-38(18-20-39)33-87-44-15-13-14-42(75)40(44)31-73)45(32-74)92-93-62(86)68(28-27-63(3,4)5)49(78)30-67(9)41(58(68)69)21-22-47-64(6)25-24-48(77)65(7,35-70)46(64)23-26-66(47,67)8/h13-15,17-21,31,35-37,43,45-49,51-58,60-61,70,74-78,80-84H,10-12,16,22-30,32-34H2,1-9H3,(H,71,85)(H,72,79)/t36?,37?,43-,45?,46?,47?,48+,49?,51+,52?,53?,54?,55?,56?,57+,58?,60+,61-,64?,65?,66?,67?,68+/m1/s1. The van der Waals surface area contributed by atoms with Crippen LogP contribution < -0.4 is 15.4 Å². The van der Waals surface area contributed by atoms with Crippen molar-refractivity contribution in [2.75, 3.05) is 19.8 Å². The van der Waals surface area contributed by atoms with E-state index in [1.807, 2.05) is 27.7 Å². The third kappa shape index (κ3) is 15.1. The number of phenolic OH excluding ortho intramolecular Hbond substituents is 1. The molecular formula is C68H100IN3O21. The molecule has 6 aliphatic rings. The van der Waals surface area contributed by atoms with Gasteiger partial charge in [0, 0.05) is 30.2 Å². The molecule has 5 fully saturated rings. The molecule has 0 spiro atoms. The van der Waals surface area contributed by atoms with Crippen molar-refractivity contribution in [1.82, 2.24) is 10.6 Å². The molecule has 0 radical (unpaired) electrons. The topological polar surface area (TPSA) is 383 Å². The Balaban J connectivity index is 0.960. The molecule has 2 amide bonds. The van der Waals surface area contributed by atoms with Gasteiger partial charge in [0.2, 0.25) is 5.91 Å². The van der Waals surface area contributed by atoms with Crippen LogP contribution in [0.15, 0.2) is 54.1 Å². The Morgan fingerprint density at radius 1 is 0.892 bits per heavy atom. The number of allylic oxidation sites excluding steroid dienone is 2. The quantitative estimate of drug-likeness (QED) is 0.00859. The zero-order valence-corrected chi connectivity index (χ0v) is 57.0. The number of alkyl halides is 1. The summed E-state index contributed by atoms with van der Waals surface area (Å²) in [6.45, 7) is 16.8. The predicted molar refractivity (Wildman–Crippen MR) is 346 cm³/mol. The summed E-state index contributed by atoms with van der Waals surface area (Å²) in [5.41, 5.74) is -1.65. The van der Waals surface area contributed by atoms with Gasteiger partial charge in [0.15, 0.2) is 25.0 Å². The van der Waals surface area contributed by atoms with E-state index in [0.717, 1.165) is 24.8 Å². The Kier molecular flexibility index (Phi) is 24.2. The maximum Gasteiger partial charge on any atom is 0.352 e. The van der Waals surface area contributed by atoms with Crippen molar-refractivity contribution in [2.24, 2.45) is 44.3 Å². The van der Waals surface area contributed by atoms with Crippen LogP contribution in [0.2, 0.25) is 0 Å². The molecule has 520 valence electrons. The molecule has 8 rings (SSSR count). The molecule has 0 aromatic heterocycles. The number of hydrogen-bond donors (Lipinski definition) is 13. The first-order valence-electron chi connectivity index (χ1n) is 32.7. The molecule has 16 unspecified atom stereocenters. The number of halogens is 1. The van der Waals surface area contributed by atoms with E-state index in [0.29, 0.717) is 55.9 Å². The van der Waals surface area contributed by atoms with Gasteiger partial charge in [-0.1, -0.05) is 107 Å². The SMILES string of the molecule is CC(O[C@@H]1OC(C)[C@H](O[C@@H]2OC[C@@H](O)C(O)C2O)C(O)C1O)C(O)[C@@H](NC(=O)CCCCCNC(=O)c1ccc(COc2cccc(O)c2C=O)cc1)C(CO)OOC(=O)[C@@]1(CCC(C)(C)C)C(O)CC2(C)C(=CCC3C4(C)CC[C@H](O)C(C)(C=N)C4CCC32C)C1I. The number of aliphatic hydroxyl groups is 9. The molecular weight excluding hydrogens is 1320 g/mol. The molecule has 2 aromatic carbocycles. The Hall–Kier alpha value is -4.30. The van der Waals surface area contributed by atoms with Crippen molar-refractivity contribution in [1.29, 1.82) is 5.41 Å². The van der Waals surface area contributed by atoms with Crippen molar-refractivity contribution < 1.29 is 104 Å². The lowest BCUT2D eigenvalue weighted by molar-refractivity contribution is -0.351. The molecule has 2 heterocycles. The molecule has 93 heavy (non-hydrogen) atoms. The highest BCUT2D eigenvalue weighted by atomic mass is 127. The largest absolute Gasteiger partial charge is 0.507 e. The van der Waals surface area contributed by atoms with Crippen molar-refractivity contribution in [3.05, 3.63) is 70.8 Å². The number of ether oxygens (including phenoxy) is 5. The molecule has 25 heteroatoms. The molecule has 2 saturated heterocycles. The van der Waals surface area contributed by atoms with Gasteiger partial charge in [-0.15, -0.1) is 0 Å². The second kappa shape index (κ2) is 30.2. The van der Waals surface area contributed by atoms with Crippen LogP contribution in [0.1, 0.15) is 166 Å². The molecule has 23 atom stereocenters. The molecule has 2 aromatic rings. The Morgan fingerprint density at radius 3 is 2.26 bits per heavy atom. The summed E-state index contributed by atoms with van der Waals surface area (Å²) in [4.78, 5) is 65.7. The lowest BCUT2D eigenvalue weighted by Gasteiger charge is -2.70. The molecule has 3 saturated carbocycles. The first-order valence-corrected chi connectivity index (χ1v) is 33.9. The minimum absolute atomic E-state index is 0.0268. The zero-order chi connectivity index (χ0) is 68.3. The lowest BCUT2D eigenvalue weighted by Crippen LogP contribution is -2.67. The van der Waals surface area contributed by atoms with Gasteiger partial charge in [-0.25, -0.2) is 4.79 Å². The maximum atomic E-state index is 15.4. The minimum Gasteiger partial charge on any atom is -0.507 e. The summed E-state index contributed by atoms with van der Waals surface area (Å²) in [6, 6.07) is 9.53. The average Bonchev–Trinajstić information content (AvgIpc) is 0.677. The lowest BCUT2D eigenvalue weighted by atomic mass is 9.35. The Morgan fingerprint density at radius 2 is 1.59 bits per heavy atom. The molecule has 13 N–H and O–H groups in total. The fourth-order valence-electron chi connectivity index (χ4n) is 16.0. The van der Waals surface area contributed by atoms with Gasteiger partial charge < -0.3 is 90.8 Å². The van der Waals surface area contributed by atoms with Gasteiger partial charge >= 0.3 is 5.97 Å². The first-order chi connectivity index (χ1) is 43.8. The second-order valence-electron chi connectivity index (χ2n) is 29.1. The first kappa shape index (κ1) is 74.5. The summed E-state index contributed by atoms with van der Waals surface area (Å²) in [6.07, 6.45) is -11.1. The monoisotopic (exact) mass is 1420 g/mol. The number of unbranched alkanes of at least 4 members (excludes halogenated alkanes) is 2. The smallest absolute Gasteiger partial charge is 0.352 e. The molecule has 2 aliphatic heterocycles. The normalized spacial score (nSPS) is 37.3. The maximum absolute atomic E-state index is 15.4. The number of fused-ring (bicyclic) bond motifs is 5. The van der Waals surface area contributed by atoms with Gasteiger partial charge in [-0.2, -0.15) is 4.89 Å². The van der Waals surface area contributed by atoms with Gasteiger partial charge in [0.05, 0.1) is 53.2 Å². The third-order valence-corrected chi connectivity index (χ3v) is 23.9. The van der Waals surface area contributed by atoms with Crippen LogP contribution in [-0.4, -0.2) is 197 Å². The van der Waals surface area contributed by atoms with E-state index in [-0.39, 0.29) is 83.5 Å². The van der Waals surface area contributed by atoms with Crippen LogP contribution in [0.4, 0.5) is 0 Å². The third-order valence-electron chi connectivity index (χ3n) is 22.1. The van der Waals surface area contributed by atoms with E-state index in [1.165, 1.54) is 26.1 Å². The summed E-state index contributed by atoms with van der Waals surface area (Å²) >= 11 is 2.28. The van der Waals surface area contributed by atoms with Crippen LogP contribution in [0.5, 0.6) is 11.5 Å². The highest BCUT2D eigenvalue weighted by Gasteiger charge is 2.71. The van der Waals surface area contributed by atoms with Crippen molar-refractivity contribution in [3.63, 3.8) is 0 Å².